The van der Waals surface area contributed by atoms with Gasteiger partial charge < -0.3 is 5.73 Å². The van der Waals surface area contributed by atoms with E-state index in [1.807, 2.05) is 37.3 Å². The second-order valence-corrected chi connectivity index (χ2v) is 6.33. The van der Waals surface area contributed by atoms with E-state index in [1.54, 1.807) is 0 Å². The van der Waals surface area contributed by atoms with Crippen LogP contribution in [-0.4, -0.2) is 26.8 Å². The van der Waals surface area contributed by atoms with Gasteiger partial charge in [-0.3, -0.25) is 0 Å². The molecule has 3 N–H and O–H groups in total. The third-order valence-corrected chi connectivity index (χ3v) is 4.25. The molecule has 0 aliphatic carbocycles. The zero-order chi connectivity index (χ0) is 13.4. The van der Waals surface area contributed by atoms with E-state index in [-0.39, 0.29) is 11.8 Å². The minimum atomic E-state index is -3.19. The fourth-order valence-corrected chi connectivity index (χ4v) is 2.65. The predicted octanol–water partition coefficient (Wildman–Crippen LogP) is 1.28. The molecule has 0 saturated heterocycles. The molecule has 1 atom stereocenters. The van der Waals surface area contributed by atoms with E-state index in [0.29, 0.717) is 19.4 Å². The van der Waals surface area contributed by atoms with Crippen LogP contribution in [0.2, 0.25) is 0 Å². The predicted molar refractivity (Wildman–Crippen MR) is 74.8 cm³/mol. The first kappa shape index (κ1) is 15.1. The summed E-state index contributed by atoms with van der Waals surface area (Å²) in [6.45, 7) is 2.42. The van der Waals surface area contributed by atoms with Crippen LogP contribution in [0.25, 0.3) is 0 Å². The maximum absolute atomic E-state index is 11.7. The Morgan fingerprint density at radius 2 is 1.94 bits per heavy atom. The molecule has 0 aliphatic rings. The Balaban J connectivity index is 2.32. The molecule has 0 amide bonds. The van der Waals surface area contributed by atoms with Crippen LogP contribution in [-0.2, 0) is 16.4 Å². The molecule has 0 radical (unpaired) electrons. The summed E-state index contributed by atoms with van der Waals surface area (Å²) < 4.78 is 26.0. The van der Waals surface area contributed by atoms with Gasteiger partial charge in [0.15, 0.2) is 0 Å². The summed E-state index contributed by atoms with van der Waals surface area (Å²) in [5.74, 6) is 0.123. The van der Waals surface area contributed by atoms with Gasteiger partial charge in [0.2, 0.25) is 10.0 Å². The zero-order valence-corrected chi connectivity index (χ0v) is 11.6. The van der Waals surface area contributed by atoms with Crippen molar-refractivity contribution in [1.82, 2.24) is 4.72 Å². The maximum atomic E-state index is 11.7. The molecule has 0 saturated carbocycles. The first-order valence-electron chi connectivity index (χ1n) is 6.30. The molecule has 4 nitrogen and oxygen atoms in total. The summed E-state index contributed by atoms with van der Waals surface area (Å²) in [5.41, 5.74) is 6.77. The molecule has 5 heteroatoms. The smallest absolute Gasteiger partial charge is 0.211 e. The highest BCUT2D eigenvalue weighted by Gasteiger charge is 2.10. The highest BCUT2D eigenvalue weighted by molar-refractivity contribution is 7.89. The van der Waals surface area contributed by atoms with Crippen LogP contribution in [0.4, 0.5) is 0 Å². The standard InChI is InChI=1S/C13H22N2O2S/c1-2-13(14)8-10-15-18(16,17)11-9-12-6-4-3-5-7-12/h3-7,13,15H,2,8-11,14H2,1H3. The number of nitrogens with two attached hydrogens (primary N) is 1. The molecule has 102 valence electrons. The van der Waals surface area contributed by atoms with Crippen LogP contribution < -0.4 is 10.5 Å². The van der Waals surface area contributed by atoms with Crippen LogP contribution in [0.15, 0.2) is 30.3 Å². The monoisotopic (exact) mass is 270 g/mol. The Morgan fingerprint density at radius 1 is 1.28 bits per heavy atom. The Morgan fingerprint density at radius 3 is 2.56 bits per heavy atom. The van der Waals surface area contributed by atoms with Crippen LogP contribution in [0.5, 0.6) is 0 Å². The normalized spacial score (nSPS) is 13.4. The molecule has 0 fully saturated rings. The third-order valence-electron chi connectivity index (χ3n) is 2.86. The summed E-state index contributed by atoms with van der Waals surface area (Å²) in [7, 11) is -3.19. The summed E-state index contributed by atoms with van der Waals surface area (Å²) in [6, 6.07) is 9.68. The molecule has 1 aromatic rings. The molecular weight excluding hydrogens is 248 g/mol. The lowest BCUT2D eigenvalue weighted by atomic mass is 10.2. The second-order valence-electron chi connectivity index (χ2n) is 4.41. The molecule has 1 rings (SSSR count). The average Bonchev–Trinajstić information content (AvgIpc) is 2.37. The summed E-state index contributed by atoms with van der Waals surface area (Å²) in [5, 5.41) is 0. The number of rotatable bonds is 8. The third kappa shape index (κ3) is 6.14. The first-order chi connectivity index (χ1) is 8.53. The van der Waals surface area contributed by atoms with Crippen LogP contribution in [0.3, 0.4) is 0 Å². The van der Waals surface area contributed by atoms with E-state index in [2.05, 4.69) is 4.72 Å². The minimum Gasteiger partial charge on any atom is -0.328 e. The van der Waals surface area contributed by atoms with Crippen molar-refractivity contribution in [2.45, 2.75) is 32.2 Å². The molecule has 0 aliphatic heterocycles. The van der Waals surface area contributed by atoms with Crippen LogP contribution in [0.1, 0.15) is 25.3 Å². The van der Waals surface area contributed by atoms with Crippen LogP contribution >= 0.6 is 0 Å². The SMILES string of the molecule is CCC(N)CCNS(=O)(=O)CCc1ccccc1. The van der Waals surface area contributed by atoms with Crippen molar-refractivity contribution in [2.24, 2.45) is 5.73 Å². The molecule has 1 unspecified atom stereocenters. The highest BCUT2D eigenvalue weighted by Crippen LogP contribution is 2.01. The number of aryl methyl sites for hydroxylation is 1. The number of sulfonamides is 1. The van der Waals surface area contributed by atoms with Gasteiger partial charge in [-0.15, -0.1) is 0 Å². The number of hydrogen-bond donors (Lipinski definition) is 2. The van der Waals surface area contributed by atoms with Gasteiger partial charge in [0.05, 0.1) is 5.75 Å². The fourth-order valence-electron chi connectivity index (χ4n) is 1.57. The average molecular weight is 270 g/mol. The largest absolute Gasteiger partial charge is 0.328 e. The summed E-state index contributed by atoms with van der Waals surface area (Å²) >= 11 is 0. The second kappa shape index (κ2) is 7.51. The van der Waals surface area contributed by atoms with Gasteiger partial charge in [0.1, 0.15) is 0 Å². The van der Waals surface area contributed by atoms with E-state index in [9.17, 15) is 8.42 Å². The van der Waals surface area contributed by atoms with Gasteiger partial charge in [-0.25, -0.2) is 13.1 Å². The Kier molecular flexibility index (Phi) is 6.32. The lowest BCUT2D eigenvalue weighted by Gasteiger charge is -2.10. The maximum Gasteiger partial charge on any atom is 0.211 e. The van der Waals surface area contributed by atoms with Crippen molar-refractivity contribution < 1.29 is 8.42 Å². The minimum absolute atomic E-state index is 0.0711. The van der Waals surface area contributed by atoms with Gasteiger partial charge >= 0.3 is 0 Å². The molecule has 0 aromatic heterocycles. The summed E-state index contributed by atoms with van der Waals surface area (Å²) in [6.07, 6.45) is 2.09. The topological polar surface area (TPSA) is 72.2 Å². The Hall–Kier alpha value is -0.910. The molecule has 0 spiro atoms. The van der Waals surface area contributed by atoms with Gasteiger partial charge in [0.25, 0.3) is 0 Å². The van der Waals surface area contributed by atoms with Crippen molar-refractivity contribution in [1.29, 1.82) is 0 Å². The molecular formula is C13H22N2O2S. The fraction of sp³-hybridized carbons (Fsp3) is 0.538. The number of hydrogen-bond acceptors (Lipinski definition) is 3. The molecule has 0 bridgehead atoms. The van der Waals surface area contributed by atoms with Crippen molar-refractivity contribution in [2.75, 3.05) is 12.3 Å². The summed E-state index contributed by atoms with van der Waals surface area (Å²) in [4.78, 5) is 0. The quantitative estimate of drug-likeness (QED) is 0.747. The van der Waals surface area contributed by atoms with Gasteiger partial charge in [0, 0.05) is 12.6 Å². The first-order valence-corrected chi connectivity index (χ1v) is 7.95. The lowest BCUT2D eigenvalue weighted by Crippen LogP contribution is -2.32. The van der Waals surface area contributed by atoms with E-state index < -0.39 is 10.0 Å². The number of benzene rings is 1. The number of nitrogens with one attached hydrogen (secondary N) is 1. The molecule has 0 heterocycles. The van der Waals surface area contributed by atoms with Gasteiger partial charge in [-0.2, -0.15) is 0 Å². The van der Waals surface area contributed by atoms with Crippen molar-refractivity contribution in [3.63, 3.8) is 0 Å². The van der Waals surface area contributed by atoms with E-state index in [1.165, 1.54) is 0 Å². The molecule has 1 aromatic carbocycles. The van der Waals surface area contributed by atoms with E-state index in [0.717, 1.165) is 12.0 Å². The zero-order valence-electron chi connectivity index (χ0n) is 10.8. The lowest BCUT2D eigenvalue weighted by molar-refractivity contribution is 0.557. The van der Waals surface area contributed by atoms with Gasteiger partial charge in [-0.1, -0.05) is 37.3 Å². The van der Waals surface area contributed by atoms with Crippen LogP contribution in [0, 0.1) is 0 Å². The van der Waals surface area contributed by atoms with Crippen molar-refractivity contribution >= 4 is 10.0 Å². The van der Waals surface area contributed by atoms with E-state index in [4.69, 9.17) is 5.73 Å². The van der Waals surface area contributed by atoms with Crippen molar-refractivity contribution in [3.8, 4) is 0 Å². The van der Waals surface area contributed by atoms with Gasteiger partial charge in [-0.05, 0) is 24.8 Å². The Labute approximate surface area is 110 Å². The van der Waals surface area contributed by atoms with Crippen molar-refractivity contribution in [3.05, 3.63) is 35.9 Å². The highest BCUT2D eigenvalue weighted by atomic mass is 32.2. The Bertz CT molecular complexity index is 432. The van der Waals surface area contributed by atoms with E-state index >= 15 is 0 Å². The molecule has 18 heavy (non-hydrogen) atoms.